The van der Waals surface area contributed by atoms with E-state index in [0.717, 1.165) is 11.4 Å². The van der Waals surface area contributed by atoms with Crippen molar-refractivity contribution in [3.05, 3.63) is 59.9 Å². The van der Waals surface area contributed by atoms with Crippen molar-refractivity contribution in [2.45, 2.75) is 12.1 Å². The third-order valence-corrected chi connectivity index (χ3v) is 3.06. The lowest BCUT2D eigenvalue weighted by Crippen LogP contribution is -1.88. The Morgan fingerprint density at radius 1 is 1.06 bits per heavy atom. The minimum atomic E-state index is 0.351. The van der Waals surface area contributed by atoms with Crippen molar-refractivity contribution in [2.75, 3.05) is 7.11 Å². The standard InChI is InChI=1S/C14H14N2O/c1-17-11-7-5-10(6-8-11)13-14(16-13)12-4-2-3-9-15-12/h2-9,13-14,16H,1H3. The van der Waals surface area contributed by atoms with E-state index in [-0.39, 0.29) is 0 Å². The first-order chi connectivity index (χ1) is 8.38. The Morgan fingerprint density at radius 2 is 1.88 bits per heavy atom. The van der Waals surface area contributed by atoms with Crippen LogP contribution in [-0.4, -0.2) is 12.1 Å². The lowest BCUT2D eigenvalue weighted by atomic mass is 10.1. The molecule has 86 valence electrons. The number of benzene rings is 1. The van der Waals surface area contributed by atoms with Gasteiger partial charge in [0.05, 0.1) is 24.9 Å². The molecular weight excluding hydrogens is 212 g/mol. The van der Waals surface area contributed by atoms with Crippen LogP contribution in [0.4, 0.5) is 0 Å². The number of hydrogen-bond donors (Lipinski definition) is 1. The molecule has 3 nitrogen and oxygen atoms in total. The fourth-order valence-electron chi connectivity index (χ4n) is 2.05. The molecule has 0 radical (unpaired) electrons. The van der Waals surface area contributed by atoms with Crippen LogP contribution in [0.5, 0.6) is 5.75 Å². The maximum atomic E-state index is 5.15. The summed E-state index contributed by atoms with van der Waals surface area (Å²) in [5.41, 5.74) is 2.38. The fourth-order valence-corrected chi connectivity index (χ4v) is 2.05. The average molecular weight is 226 g/mol. The summed E-state index contributed by atoms with van der Waals surface area (Å²) in [6.07, 6.45) is 1.83. The minimum Gasteiger partial charge on any atom is -0.497 e. The highest BCUT2D eigenvalue weighted by Crippen LogP contribution is 2.41. The summed E-state index contributed by atoms with van der Waals surface area (Å²) < 4.78 is 5.15. The molecule has 3 heteroatoms. The van der Waals surface area contributed by atoms with Crippen LogP contribution in [-0.2, 0) is 0 Å². The highest BCUT2D eigenvalue weighted by atomic mass is 16.5. The summed E-state index contributed by atoms with van der Waals surface area (Å²) in [5, 5.41) is 3.44. The first kappa shape index (κ1) is 10.3. The van der Waals surface area contributed by atoms with Gasteiger partial charge in [0, 0.05) is 6.20 Å². The molecule has 2 heterocycles. The predicted octanol–water partition coefficient (Wildman–Crippen LogP) is 2.48. The minimum absolute atomic E-state index is 0.351. The molecule has 3 rings (SSSR count). The number of ether oxygens (including phenoxy) is 1. The zero-order valence-electron chi connectivity index (χ0n) is 9.63. The van der Waals surface area contributed by atoms with Gasteiger partial charge in [-0.1, -0.05) is 18.2 Å². The van der Waals surface area contributed by atoms with Crippen LogP contribution in [0.1, 0.15) is 23.3 Å². The molecular formula is C14H14N2O. The Morgan fingerprint density at radius 3 is 2.53 bits per heavy atom. The van der Waals surface area contributed by atoms with Crippen LogP contribution < -0.4 is 10.1 Å². The maximum Gasteiger partial charge on any atom is 0.118 e. The molecule has 1 aliphatic rings. The van der Waals surface area contributed by atoms with Crippen molar-refractivity contribution in [2.24, 2.45) is 0 Å². The molecule has 1 aromatic heterocycles. The van der Waals surface area contributed by atoms with Crippen LogP contribution in [0.2, 0.25) is 0 Å². The zero-order chi connectivity index (χ0) is 11.7. The lowest BCUT2D eigenvalue weighted by Gasteiger charge is -2.01. The molecule has 2 aromatic rings. The molecule has 17 heavy (non-hydrogen) atoms. The second kappa shape index (κ2) is 4.18. The molecule has 1 fully saturated rings. The van der Waals surface area contributed by atoms with E-state index in [2.05, 4.69) is 28.5 Å². The molecule has 1 aromatic carbocycles. The Labute approximate surface area is 100 Å². The second-order valence-corrected chi connectivity index (χ2v) is 4.15. The van der Waals surface area contributed by atoms with E-state index in [9.17, 15) is 0 Å². The van der Waals surface area contributed by atoms with E-state index in [1.165, 1.54) is 5.56 Å². The summed E-state index contributed by atoms with van der Waals surface area (Å²) in [6, 6.07) is 14.9. The Bertz CT molecular complexity index is 495. The van der Waals surface area contributed by atoms with Crippen LogP contribution >= 0.6 is 0 Å². The van der Waals surface area contributed by atoms with Gasteiger partial charge in [0.2, 0.25) is 0 Å². The van der Waals surface area contributed by atoms with Crippen LogP contribution in [0.25, 0.3) is 0 Å². The highest BCUT2D eigenvalue weighted by molar-refractivity contribution is 5.35. The molecule has 2 atom stereocenters. The van der Waals surface area contributed by atoms with Gasteiger partial charge in [-0.2, -0.15) is 0 Å². The van der Waals surface area contributed by atoms with Gasteiger partial charge in [-0.3, -0.25) is 10.3 Å². The highest BCUT2D eigenvalue weighted by Gasteiger charge is 2.39. The molecule has 0 spiro atoms. The Hall–Kier alpha value is -1.87. The molecule has 2 unspecified atom stereocenters. The van der Waals surface area contributed by atoms with Gasteiger partial charge in [-0.25, -0.2) is 0 Å². The third-order valence-electron chi connectivity index (χ3n) is 3.06. The van der Waals surface area contributed by atoms with Gasteiger partial charge in [-0.05, 0) is 29.8 Å². The Kier molecular flexibility index (Phi) is 2.53. The smallest absolute Gasteiger partial charge is 0.118 e. The first-order valence-electron chi connectivity index (χ1n) is 5.69. The molecule has 0 bridgehead atoms. The van der Waals surface area contributed by atoms with E-state index < -0.39 is 0 Å². The van der Waals surface area contributed by atoms with Crippen molar-refractivity contribution in [3.63, 3.8) is 0 Å². The quantitative estimate of drug-likeness (QED) is 0.818. The third kappa shape index (κ3) is 2.01. The summed E-state index contributed by atoms with van der Waals surface area (Å²) in [6.45, 7) is 0. The number of nitrogens with one attached hydrogen (secondary N) is 1. The van der Waals surface area contributed by atoms with E-state index in [0.29, 0.717) is 12.1 Å². The van der Waals surface area contributed by atoms with Gasteiger partial charge in [0.25, 0.3) is 0 Å². The van der Waals surface area contributed by atoms with E-state index in [1.54, 1.807) is 7.11 Å². The van der Waals surface area contributed by atoms with Gasteiger partial charge >= 0.3 is 0 Å². The molecule has 0 amide bonds. The number of aromatic nitrogens is 1. The molecule has 1 saturated heterocycles. The van der Waals surface area contributed by atoms with Gasteiger partial charge in [0.15, 0.2) is 0 Å². The van der Waals surface area contributed by atoms with Crippen molar-refractivity contribution < 1.29 is 4.74 Å². The number of pyridine rings is 1. The summed E-state index contributed by atoms with van der Waals surface area (Å²) in [4.78, 5) is 4.36. The molecule has 0 saturated carbocycles. The number of methoxy groups -OCH3 is 1. The zero-order valence-corrected chi connectivity index (χ0v) is 9.63. The monoisotopic (exact) mass is 226 g/mol. The second-order valence-electron chi connectivity index (χ2n) is 4.15. The number of hydrogen-bond acceptors (Lipinski definition) is 3. The summed E-state index contributed by atoms with van der Waals surface area (Å²) in [7, 11) is 1.68. The van der Waals surface area contributed by atoms with E-state index >= 15 is 0 Å². The molecule has 0 aliphatic carbocycles. The predicted molar refractivity (Wildman–Crippen MR) is 65.8 cm³/mol. The lowest BCUT2D eigenvalue weighted by molar-refractivity contribution is 0.414. The largest absolute Gasteiger partial charge is 0.497 e. The Balaban J connectivity index is 1.76. The SMILES string of the molecule is COc1ccc(C2NC2c2ccccn2)cc1. The maximum absolute atomic E-state index is 5.15. The molecule has 1 N–H and O–H groups in total. The number of rotatable bonds is 3. The molecule has 1 aliphatic heterocycles. The van der Waals surface area contributed by atoms with Crippen LogP contribution in [0, 0.1) is 0 Å². The summed E-state index contributed by atoms with van der Waals surface area (Å²) >= 11 is 0. The van der Waals surface area contributed by atoms with Gasteiger partial charge < -0.3 is 4.74 Å². The topological polar surface area (TPSA) is 44.1 Å². The van der Waals surface area contributed by atoms with Gasteiger partial charge in [-0.15, -0.1) is 0 Å². The van der Waals surface area contributed by atoms with Crippen LogP contribution in [0.3, 0.4) is 0 Å². The van der Waals surface area contributed by atoms with Crippen molar-refractivity contribution in [1.29, 1.82) is 0 Å². The number of nitrogens with zero attached hydrogens (tertiary/aromatic N) is 1. The normalized spacial score (nSPS) is 22.2. The fraction of sp³-hybridized carbons (Fsp3) is 0.214. The van der Waals surface area contributed by atoms with Crippen LogP contribution in [0.15, 0.2) is 48.7 Å². The van der Waals surface area contributed by atoms with Crippen molar-refractivity contribution in [1.82, 2.24) is 10.3 Å². The summed E-state index contributed by atoms with van der Waals surface area (Å²) in [5.74, 6) is 0.892. The van der Waals surface area contributed by atoms with Crippen molar-refractivity contribution in [3.8, 4) is 5.75 Å². The average Bonchev–Trinajstić information content (AvgIpc) is 3.20. The van der Waals surface area contributed by atoms with Crippen molar-refractivity contribution >= 4 is 0 Å². The first-order valence-corrected chi connectivity index (χ1v) is 5.69. The van der Waals surface area contributed by atoms with E-state index in [1.807, 2.05) is 30.5 Å². The van der Waals surface area contributed by atoms with E-state index in [4.69, 9.17) is 4.74 Å². The van der Waals surface area contributed by atoms with Gasteiger partial charge in [0.1, 0.15) is 5.75 Å².